The van der Waals surface area contributed by atoms with Gasteiger partial charge in [0.2, 0.25) is 5.91 Å². The van der Waals surface area contributed by atoms with E-state index in [2.05, 4.69) is 0 Å². The largest absolute Gasteiger partial charge is 0.479 e. The summed E-state index contributed by atoms with van der Waals surface area (Å²) in [5, 5.41) is 0. The molecule has 1 fully saturated rings. The monoisotopic (exact) mass is 330 g/mol. The van der Waals surface area contributed by atoms with Gasteiger partial charge in [-0.25, -0.2) is 0 Å². The molecule has 1 unspecified atom stereocenters. The molecule has 6 nitrogen and oxygen atoms in total. The molecule has 3 rings (SSSR count). The zero-order valence-corrected chi connectivity index (χ0v) is 14.1. The Morgan fingerprint density at radius 2 is 1.92 bits per heavy atom. The molecule has 6 heteroatoms. The molecule has 0 saturated carbocycles. The standard InChI is InChI=1S/C18H22N2O4/c1-12(21)14-6-7-16-15(10-14)20(18(23)13(2)24-16)11-17(22)19-8-4-3-5-9-19/h6-7,10,13H,3-5,8-9,11H2,1-2H3. The summed E-state index contributed by atoms with van der Waals surface area (Å²) in [7, 11) is 0. The highest BCUT2D eigenvalue weighted by atomic mass is 16.5. The number of anilines is 1. The Labute approximate surface area is 141 Å². The number of carbonyl (C=O) groups is 3. The van der Waals surface area contributed by atoms with Crippen molar-refractivity contribution in [3.63, 3.8) is 0 Å². The van der Waals surface area contributed by atoms with Crippen molar-refractivity contribution in [3.05, 3.63) is 23.8 Å². The first-order valence-electron chi connectivity index (χ1n) is 8.38. The quantitative estimate of drug-likeness (QED) is 0.795. The third-order valence-corrected chi connectivity index (χ3v) is 4.58. The van der Waals surface area contributed by atoms with Crippen LogP contribution in [-0.2, 0) is 9.59 Å². The van der Waals surface area contributed by atoms with Gasteiger partial charge < -0.3 is 9.64 Å². The van der Waals surface area contributed by atoms with Gasteiger partial charge in [-0.15, -0.1) is 0 Å². The third-order valence-electron chi connectivity index (χ3n) is 4.58. The zero-order chi connectivity index (χ0) is 17.3. The second kappa shape index (κ2) is 6.63. The van der Waals surface area contributed by atoms with Crippen LogP contribution in [-0.4, -0.2) is 48.2 Å². The molecule has 128 valence electrons. The molecule has 0 spiro atoms. The number of likely N-dealkylation sites (tertiary alicyclic amines) is 1. The third kappa shape index (κ3) is 3.13. The number of piperidine rings is 1. The lowest BCUT2D eigenvalue weighted by Gasteiger charge is -2.35. The van der Waals surface area contributed by atoms with Crippen molar-refractivity contribution in [1.82, 2.24) is 4.90 Å². The molecular formula is C18H22N2O4. The normalized spacial score (nSPS) is 20.4. The number of fused-ring (bicyclic) bond motifs is 1. The van der Waals surface area contributed by atoms with E-state index in [0.717, 1.165) is 32.4 Å². The molecule has 0 radical (unpaired) electrons. The van der Waals surface area contributed by atoms with Crippen molar-refractivity contribution < 1.29 is 19.1 Å². The Bertz CT molecular complexity index is 680. The van der Waals surface area contributed by atoms with Gasteiger partial charge in [0.1, 0.15) is 12.3 Å². The van der Waals surface area contributed by atoms with Crippen molar-refractivity contribution in [1.29, 1.82) is 0 Å². The fourth-order valence-corrected chi connectivity index (χ4v) is 3.17. The predicted molar refractivity (Wildman–Crippen MR) is 89.3 cm³/mol. The van der Waals surface area contributed by atoms with Gasteiger partial charge in [0.05, 0.1) is 5.69 Å². The summed E-state index contributed by atoms with van der Waals surface area (Å²) in [5.41, 5.74) is 0.992. The van der Waals surface area contributed by atoms with Crippen LogP contribution in [0.25, 0.3) is 0 Å². The molecular weight excluding hydrogens is 308 g/mol. The minimum atomic E-state index is -0.644. The molecule has 1 atom stereocenters. The number of hydrogen-bond acceptors (Lipinski definition) is 4. The highest BCUT2D eigenvalue weighted by Crippen LogP contribution is 2.35. The van der Waals surface area contributed by atoms with Crippen LogP contribution in [0, 0.1) is 0 Å². The summed E-state index contributed by atoms with van der Waals surface area (Å²) in [6, 6.07) is 4.99. The van der Waals surface area contributed by atoms with Gasteiger partial charge >= 0.3 is 0 Å². The summed E-state index contributed by atoms with van der Waals surface area (Å²) >= 11 is 0. The lowest BCUT2D eigenvalue weighted by molar-refractivity contribution is -0.133. The van der Waals surface area contributed by atoms with Gasteiger partial charge in [0.15, 0.2) is 11.9 Å². The van der Waals surface area contributed by atoms with E-state index in [-0.39, 0.29) is 24.1 Å². The molecule has 24 heavy (non-hydrogen) atoms. The van der Waals surface area contributed by atoms with Gasteiger partial charge in [-0.2, -0.15) is 0 Å². The number of benzene rings is 1. The molecule has 2 aliphatic heterocycles. The van der Waals surface area contributed by atoms with Crippen LogP contribution in [0.15, 0.2) is 18.2 Å². The Morgan fingerprint density at radius 1 is 1.21 bits per heavy atom. The second-order valence-electron chi connectivity index (χ2n) is 6.36. The van der Waals surface area contributed by atoms with Gasteiger partial charge in [-0.3, -0.25) is 19.3 Å². The number of ketones is 1. The molecule has 0 aliphatic carbocycles. The topological polar surface area (TPSA) is 66.9 Å². The fourth-order valence-electron chi connectivity index (χ4n) is 3.17. The first-order chi connectivity index (χ1) is 11.5. The first kappa shape index (κ1) is 16.5. The smallest absolute Gasteiger partial charge is 0.268 e. The SMILES string of the molecule is CC(=O)c1ccc2c(c1)N(CC(=O)N1CCCCC1)C(=O)C(C)O2. The molecule has 1 aromatic rings. The van der Waals surface area contributed by atoms with Crippen molar-refractivity contribution >= 4 is 23.3 Å². The van der Waals surface area contributed by atoms with E-state index in [4.69, 9.17) is 4.74 Å². The van der Waals surface area contributed by atoms with E-state index in [1.807, 2.05) is 4.90 Å². The summed E-state index contributed by atoms with van der Waals surface area (Å²) in [5.74, 6) is 0.120. The lowest BCUT2D eigenvalue weighted by atomic mass is 10.1. The molecule has 1 aromatic carbocycles. The number of hydrogen-bond donors (Lipinski definition) is 0. The van der Waals surface area contributed by atoms with E-state index in [0.29, 0.717) is 17.0 Å². The minimum absolute atomic E-state index is 0.0130. The summed E-state index contributed by atoms with van der Waals surface area (Å²) in [4.78, 5) is 40.0. The van der Waals surface area contributed by atoms with E-state index in [9.17, 15) is 14.4 Å². The van der Waals surface area contributed by atoms with Crippen LogP contribution in [0.4, 0.5) is 5.69 Å². The minimum Gasteiger partial charge on any atom is -0.479 e. The highest BCUT2D eigenvalue weighted by Gasteiger charge is 2.34. The maximum atomic E-state index is 12.6. The highest BCUT2D eigenvalue weighted by molar-refractivity contribution is 6.05. The van der Waals surface area contributed by atoms with Crippen molar-refractivity contribution in [2.75, 3.05) is 24.5 Å². The Hall–Kier alpha value is -2.37. The van der Waals surface area contributed by atoms with Crippen molar-refractivity contribution in [2.45, 2.75) is 39.2 Å². The Morgan fingerprint density at radius 3 is 2.58 bits per heavy atom. The molecule has 0 N–H and O–H groups in total. The molecule has 0 bridgehead atoms. The number of amides is 2. The Kier molecular flexibility index (Phi) is 4.55. The summed E-state index contributed by atoms with van der Waals surface area (Å²) < 4.78 is 5.61. The van der Waals surface area contributed by atoms with Gasteiger partial charge in [0.25, 0.3) is 5.91 Å². The van der Waals surface area contributed by atoms with Crippen molar-refractivity contribution in [3.8, 4) is 5.75 Å². The van der Waals surface area contributed by atoms with Crippen LogP contribution in [0.1, 0.15) is 43.5 Å². The van der Waals surface area contributed by atoms with Crippen LogP contribution in [0.3, 0.4) is 0 Å². The molecule has 2 heterocycles. The van der Waals surface area contributed by atoms with Crippen molar-refractivity contribution in [2.24, 2.45) is 0 Å². The lowest BCUT2D eigenvalue weighted by Crippen LogP contribution is -2.50. The molecule has 2 amide bonds. The van der Waals surface area contributed by atoms with Crippen LogP contribution < -0.4 is 9.64 Å². The number of ether oxygens (including phenoxy) is 1. The number of Topliss-reactive ketones (excluding diaryl/α,β-unsaturated/α-hetero) is 1. The van der Waals surface area contributed by atoms with E-state index >= 15 is 0 Å². The molecule has 2 aliphatic rings. The molecule has 1 saturated heterocycles. The second-order valence-corrected chi connectivity index (χ2v) is 6.36. The van der Waals surface area contributed by atoms with Gasteiger partial charge in [-0.1, -0.05) is 0 Å². The van der Waals surface area contributed by atoms with Gasteiger partial charge in [-0.05, 0) is 51.3 Å². The zero-order valence-electron chi connectivity index (χ0n) is 14.1. The van der Waals surface area contributed by atoms with E-state index in [1.54, 1.807) is 25.1 Å². The van der Waals surface area contributed by atoms with Gasteiger partial charge in [0, 0.05) is 18.7 Å². The Balaban J connectivity index is 1.88. The fraction of sp³-hybridized carbons (Fsp3) is 0.500. The van der Waals surface area contributed by atoms with Crippen LogP contribution in [0.2, 0.25) is 0 Å². The summed E-state index contributed by atoms with van der Waals surface area (Å²) in [6.07, 6.45) is 2.51. The number of rotatable bonds is 3. The van der Waals surface area contributed by atoms with Crippen LogP contribution in [0.5, 0.6) is 5.75 Å². The maximum Gasteiger partial charge on any atom is 0.268 e. The maximum absolute atomic E-state index is 12.6. The van der Waals surface area contributed by atoms with E-state index in [1.165, 1.54) is 11.8 Å². The average Bonchev–Trinajstić information content (AvgIpc) is 2.59. The summed E-state index contributed by atoms with van der Waals surface area (Å²) in [6.45, 7) is 4.61. The van der Waals surface area contributed by atoms with Crippen LogP contribution >= 0.6 is 0 Å². The number of carbonyl (C=O) groups excluding carboxylic acids is 3. The molecule has 0 aromatic heterocycles. The van der Waals surface area contributed by atoms with E-state index < -0.39 is 6.10 Å². The average molecular weight is 330 g/mol. The number of nitrogens with zero attached hydrogens (tertiary/aromatic N) is 2. The predicted octanol–water partition coefficient (Wildman–Crippen LogP) is 2.02. The first-order valence-corrected chi connectivity index (χ1v) is 8.38.